The molecule has 2 aromatic heterocycles. The Hall–Kier alpha value is -2.81. The Bertz CT molecular complexity index is 1040. The van der Waals surface area contributed by atoms with Crippen molar-refractivity contribution in [3.05, 3.63) is 59.2 Å². The molecule has 0 bridgehead atoms. The number of nitrogens with zero attached hydrogens (tertiary/aromatic N) is 4. The Balaban J connectivity index is 1.57. The summed E-state index contributed by atoms with van der Waals surface area (Å²) in [5, 5.41) is 12.6. The lowest BCUT2D eigenvalue weighted by Crippen LogP contribution is -2.55. The molecule has 1 fully saturated rings. The molecule has 2 aliphatic heterocycles. The highest BCUT2D eigenvalue weighted by atomic mass is 16.5. The van der Waals surface area contributed by atoms with E-state index < -0.39 is 0 Å². The third-order valence-electron chi connectivity index (χ3n) is 7.33. The summed E-state index contributed by atoms with van der Waals surface area (Å²) in [7, 11) is 3.81. The third-order valence-corrected chi connectivity index (χ3v) is 7.33. The lowest BCUT2D eigenvalue weighted by Gasteiger charge is -2.44. The van der Waals surface area contributed by atoms with Crippen LogP contribution in [0.5, 0.6) is 5.88 Å². The topological polar surface area (TPSA) is 86.6 Å². The van der Waals surface area contributed by atoms with Gasteiger partial charge in [0.1, 0.15) is 0 Å². The first kappa shape index (κ1) is 25.3. The van der Waals surface area contributed by atoms with Gasteiger partial charge in [-0.1, -0.05) is 0 Å². The standard InChI is InChI=1S/C27H38N6O2/c1-18-16-33(17-19(2)32(18)4)20(3)25-14-21(8-11-29-25)27(28)23-9-12-35-13-10-24(23)31-22-6-7-26(34-5)30-15-22/h6-8,11,14-15,18-20,28,31H,9-10,12-13,16-17H2,1-5H3/t18?,19?,20-/m0/s1. The van der Waals surface area contributed by atoms with E-state index in [9.17, 15) is 0 Å². The van der Waals surface area contributed by atoms with Crippen LogP contribution in [-0.2, 0) is 4.74 Å². The first-order valence-corrected chi connectivity index (χ1v) is 12.5. The van der Waals surface area contributed by atoms with Gasteiger partial charge in [0.2, 0.25) is 5.88 Å². The minimum Gasteiger partial charge on any atom is -0.481 e. The van der Waals surface area contributed by atoms with Crippen LogP contribution >= 0.6 is 0 Å². The van der Waals surface area contributed by atoms with E-state index in [4.69, 9.17) is 19.9 Å². The summed E-state index contributed by atoms with van der Waals surface area (Å²) in [6.07, 6.45) is 5.00. The molecule has 0 amide bonds. The smallest absolute Gasteiger partial charge is 0.213 e. The summed E-state index contributed by atoms with van der Waals surface area (Å²) >= 11 is 0. The van der Waals surface area contributed by atoms with Gasteiger partial charge in [0, 0.05) is 61.2 Å². The van der Waals surface area contributed by atoms with Gasteiger partial charge < -0.3 is 14.8 Å². The van der Waals surface area contributed by atoms with Crippen LogP contribution in [0, 0.1) is 5.41 Å². The van der Waals surface area contributed by atoms with Gasteiger partial charge >= 0.3 is 0 Å². The van der Waals surface area contributed by atoms with Crippen molar-refractivity contribution in [2.75, 3.05) is 45.8 Å². The van der Waals surface area contributed by atoms with Crippen LogP contribution in [0.15, 0.2) is 47.9 Å². The molecule has 2 N–H and O–H groups in total. The molecule has 0 saturated carbocycles. The number of nitrogens with one attached hydrogen (secondary N) is 2. The van der Waals surface area contributed by atoms with E-state index in [-0.39, 0.29) is 6.04 Å². The highest BCUT2D eigenvalue weighted by Crippen LogP contribution is 2.27. The SMILES string of the molecule is COc1ccc(NC2=C(C(=N)c3ccnc([C@H](C)N4CC(C)N(C)C(C)C4)c3)CCOCC2)cn1. The molecule has 3 atom stereocenters. The van der Waals surface area contributed by atoms with Crippen molar-refractivity contribution < 1.29 is 9.47 Å². The van der Waals surface area contributed by atoms with Crippen LogP contribution in [0.25, 0.3) is 0 Å². The molecule has 1 saturated heterocycles. The quantitative estimate of drug-likeness (QED) is 0.579. The maximum absolute atomic E-state index is 9.12. The van der Waals surface area contributed by atoms with Crippen LogP contribution in [0.2, 0.25) is 0 Å². The minimum atomic E-state index is 0.191. The number of hydrogen-bond donors (Lipinski definition) is 2. The highest BCUT2D eigenvalue weighted by Gasteiger charge is 2.30. The molecule has 0 aromatic carbocycles. The molecule has 2 aliphatic rings. The van der Waals surface area contributed by atoms with Crippen molar-refractivity contribution >= 4 is 11.4 Å². The lowest BCUT2D eigenvalue weighted by atomic mass is 9.96. The minimum absolute atomic E-state index is 0.191. The van der Waals surface area contributed by atoms with Crippen molar-refractivity contribution in [1.29, 1.82) is 5.41 Å². The number of aromatic nitrogens is 2. The predicted octanol–water partition coefficient (Wildman–Crippen LogP) is 4.12. The summed E-state index contributed by atoms with van der Waals surface area (Å²) in [4.78, 5) is 13.9. The fourth-order valence-corrected chi connectivity index (χ4v) is 4.87. The molecule has 188 valence electrons. The van der Waals surface area contributed by atoms with Crippen LogP contribution in [0.4, 0.5) is 5.69 Å². The van der Waals surface area contributed by atoms with E-state index in [1.165, 1.54) is 0 Å². The van der Waals surface area contributed by atoms with Gasteiger partial charge in [0.25, 0.3) is 0 Å². The number of likely N-dealkylation sites (N-methyl/N-ethyl adjacent to an activating group) is 1. The molecule has 0 radical (unpaired) electrons. The highest BCUT2D eigenvalue weighted by molar-refractivity contribution is 6.11. The third kappa shape index (κ3) is 5.89. The Labute approximate surface area is 208 Å². The average Bonchev–Trinajstić information content (AvgIpc) is 3.12. The first-order chi connectivity index (χ1) is 16.9. The largest absolute Gasteiger partial charge is 0.481 e. The Morgan fingerprint density at radius 1 is 1.14 bits per heavy atom. The molecule has 2 unspecified atom stereocenters. The number of methoxy groups -OCH3 is 1. The van der Waals surface area contributed by atoms with Gasteiger partial charge in [-0.3, -0.25) is 20.2 Å². The number of ether oxygens (including phenoxy) is 2. The normalized spacial score (nSPS) is 23.0. The van der Waals surface area contributed by atoms with Crippen molar-refractivity contribution in [1.82, 2.24) is 19.8 Å². The Morgan fingerprint density at radius 2 is 1.89 bits per heavy atom. The van der Waals surface area contributed by atoms with Crippen LogP contribution in [0.1, 0.15) is 50.9 Å². The molecule has 0 aliphatic carbocycles. The fraction of sp³-hybridized carbons (Fsp3) is 0.519. The predicted molar refractivity (Wildman–Crippen MR) is 139 cm³/mol. The average molecular weight is 479 g/mol. The van der Waals surface area contributed by atoms with Crippen LogP contribution in [0.3, 0.4) is 0 Å². The van der Waals surface area contributed by atoms with Crippen molar-refractivity contribution in [2.45, 2.75) is 51.7 Å². The lowest BCUT2D eigenvalue weighted by molar-refractivity contribution is 0.0367. The molecular formula is C27H38N6O2. The number of pyridine rings is 2. The second kappa shape index (κ2) is 11.3. The van der Waals surface area contributed by atoms with E-state index in [1.54, 1.807) is 13.3 Å². The summed E-state index contributed by atoms with van der Waals surface area (Å²) in [5.41, 5.74) is 5.28. The molecule has 4 heterocycles. The van der Waals surface area contributed by atoms with Crippen molar-refractivity contribution in [3.8, 4) is 5.88 Å². The zero-order valence-corrected chi connectivity index (χ0v) is 21.5. The van der Waals surface area contributed by atoms with E-state index in [0.29, 0.717) is 43.3 Å². The molecule has 2 aromatic rings. The van der Waals surface area contributed by atoms with Gasteiger partial charge in [-0.05, 0) is 58.0 Å². The van der Waals surface area contributed by atoms with Gasteiger partial charge in [-0.2, -0.15) is 0 Å². The number of hydrogen-bond acceptors (Lipinski definition) is 8. The van der Waals surface area contributed by atoms with Crippen molar-refractivity contribution in [2.24, 2.45) is 0 Å². The number of rotatable bonds is 7. The van der Waals surface area contributed by atoms with E-state index >= 15 is 0 Å². The summed E-state index contributed by atoms with van der Waals surface area (Å²) < 4.78 is 10.9. The maximum Gasteiger partial charge on any atom is 0.213 e. The maximum atomic E-state index is 9.12. The zero-order valence-electron chi connectivity index (χ0n) is 21.5. The monoisotopic (exact) mass is 478 g/mol. The second-order valence-corrected chi connectivity index (χ2v) is 9.62. The second-order valence-electron chi connectivity index (χ2n) is 9.62. The first-order valence-electron chi connectivity index (χ1n) is 12.5. The fourth-order valence-electron chi connectivity index (χ4n) is 4.87. The molecule has 0 spiro atoms. The molecule has 8 nitrogen and oxygen atoms in total. The summed E-state index contributed by atoms with van der Waals surface area (Å²) in [6, 6.07) is 8.99. The molecule has 8 heteroatoms. The zero-order chi connectivity index (χ0) is 24.9. The summed E-state index contributed by atoms with van der Waals surface area (Å²) in [5.74, 6) is 0.573. The van der Waals surface area contributed by atoms with Gasteiger partial charge in [0.05, 0.1) is 43.6 Å². The molecule has 35 heavy (non-hydrogen) atoms. The van der Waals surface area contributed by atoms with E-state index in [0.717, 1.165) is 47.7 Å². The van der Waals surface area contributed by atoms with E-state index in [2.05, 4.69) is 54.0 Å². The Kier molecular flexibility index (Phi) is 8.15. The molecular weight excluding hydrogens is 440 g/mol. The number of anilines is 1. The van der Waals surface area contributed by atoms with E-state index in [1.807, 2.05) is 24.4 Å². The Morgan fingerprint density at radius 3 is 2.57 bits per heavy atom. The van der Waals surface area contributed by atoms with Crippen LogP contribution in [-0.4, -0.2) is 78.0 Å². The van der Waals surface area contributed by atoms with Gasteiger partial charge in [-0.15, -0.1) is 0 Å². The van der Waals surface area contributed by atoms with Gasteiger partial charge in [0.15, 0.2) is 0 Å². The van der Waals surface area contributed by atoms with Crippen LogP contribution < -0.4 is 10.1 Å². The molecule has 4 rings (SSSR count). The van der Waals surface area contributed by atoms with Gasteiger partial charge in [-0.25, -0.2) is 4.98 Å². The van der Waals surface area contributed by atoms with Crippen molar-refractivity contribution in [3.63, 3.8) is 0 Å². The number of piperazine rings is 1. The summed E-state index contributed by atoms with van der Waals surface area (Å²) in [6.45, 7) is 10.0.